The second-order valence-electron chi connectivity index (χ2n) is 2.85. The predicted molar refractivity (Wildman–Crippen MR) is 44.7 cm³/mol. The van der Waals surface area contributed by atoms with Gasteiger partial charge in [0.05, 0.1) is 0 Å². The summed E-state index contributed by atoms with van der Waals surface area (Å²) in [6, 6.07) is 0. The molecule has 0 saturated carbocycles. The fraction of sp³-hybridized carbons (Fsp3) is 0.375. The Morgan fingerprint density at radius 2 is 2.38 bits per heavy atom. The quantitative estimate of drug-likeness (QED) is 0.700. The van der Waals surface area contributed by atoms with E-state index in [9.17, 15) is 4.79 Å². The third-order valence-corrected chi connectivity index (χ3v) is 2.03. The van der Waals surface area contributed by atoms with Gasteiger partial charge in [-0.05, 0) is 6.42 Å². The van der Waals surface area contributed by atoms with Crippen LogP contribution in [-0.4, -0.2) is 34.1 Å². The second kappa shape index (κ2) is 3.01. The lowest BCUT2D eigenvalue weighted by atomic mass is 10.2. The van der Waals surface area contributed by atoms with Crippen LogP contribution in [0.5, 0.6) is 0 Å². The van der Waals surface area contributed by atoms with Crippen molar-refractivity contribution in [2.75, 3.05) is 18.0 Å². The van der Waals surface area contributed by atoms with E-state index in [4.69, 9.17) is 5.11 Å². The van der Waals surface area contributed by atoms with Crippen LogP contribution in [0.15, 0.2) is 6.20 Å². The first-order chi connectivity index (χ1) is 6.29. The summed E-state index contributed by atoms with van der Waals surface area (Å²) in [5, 5.41) is 8.81. The minimum atomic E-state index is -0.990. The van der Waals surface area contributed by atoms with Crippen molar-refractivity contribution in [2.45, 2.75) is 6.42 Å². The molecule has 1 N–H and O–H groups in total. The molecule has 0 unspecified atom stereocenters. The smallest absolute Gasteiger partial charge is 0.341 e. The maximum absolute atomic E-state index is 10.7. The molecule has 2 heterocycles. The molecule has 1 aromatic rings. The van der Waals surface area contributed by atoms with Crippen molar-refractivity contribution in [3.05, 3.63) is 18.1 Å². The number of carbonyl (C=O) groups is 1. The lowest BCUT2D eigenvalue weighted by Crippen LogP contribution is -2.38. The van der Waals surface area contributed by atoms with E-state index in [1.807, 2.05) is 4.90 Å². The fourth-order valence-electron chi connectivity index (χ4n) is 1.21. The topological polar surface area (TPSA) is 66.3 Å². The van der Waals surface area contributed by atoms with Crippen molar-refractivity contribution in [3.8, 4) is 0 Å². The van der Waals surface area contributed by atoms with Gasteiger partial charge in [-0.25, -0.2) is 14.8 Å². The SMILES string of the molecule is O=C(O)c1cn[c]nc1N1CCC1. The molecule has 2 rings (SSSR count). The van der Waals surface area contributed by atoms with Crippen molar-refractivity contribution in [3.63, 3.8) is 0 Å². The molecule has 0 amide bonds. The highest BCUT2D eigenvalue weighted by molar-refractivity contribution is 5.92. The van der Waals surface area contributed by atoms with Crippen LogP contribution in [0, 0.1) is 6.33 Å². The Labute approximate surface area is 75.0 Å². The minimum Gasteiger partial charge on any atom is -0.477 e. The summed E-state index contributed by atoms with van der Waals surface area (Å²) < 4.78 is 0. The molecule has 1 radical (unpaired) electrons. The number of nitrogens with zero attached hydrogens (tertiary/aromatic N) is 3. The van der Waals surface area contributed by atoms with Gasteiger partial charge in [-0.2, -0.15) is 0 Å². The first kappa shape index (κ1) is 7.97. The number of hydrogen-bond donors (Lipinski definition) is 1. The zero-order chi connectivity index (χ0) is 9.26. The lowest BCUT2D eigenvalue weighted by Gasteiger charge is -2.32. The van der Waals surface area contributed by atoms with E-state index in [2.05, 4.69) is 16.3 Å². The van der Waals surface area contributed by atoms with Gasteiger partial charge in [0.25, 0.3) is 0 Å². The van der Waals surface area contributed by atoms with Gasteiger partial charge >= 0.3 is 5.97 Å². The van der Waals surface area contributed by atoms with E-state index in [1.54, 1.807) is 0 Å². The van der Waals surface area contributed by atoms with Crippen molar-refractivity contribution in [1.82, 2.24) is 9.97 Å². The van der Waals surface area contributed by atoms with Gasteiger partial charge in [0, 0.05) is 19.3 Å². The van der Waals surface area contributed by atoms with Crippen LogP contribution < -0.4 is 4.90 Å². The highest BCUT2D eigenvalue weighted by atomic mass is 16.4. The molecule has 0 atom stereocenters. The molecule has 0 aliphatic carbocycles. The number of aromatic carboxylic acids is 1. The van der Waals surface area contributed by atoms with Crippen LogP contribution in [-0.2, 0) is 0 Å². The average Bonchev–Trinajstić information content (AvgIpc) is 2.02. The van der Waals surface area contributed by atoms with Crippen LogP contribution >= 0.6 is 0 Å². The van der Waals surface area contributed by atoms with Crippen LogP contribution in [0.4, 0.5) is 5.82 Å². The van der Waals surface area contributed by atoms with Gasteiger partial charge in [-0.1, -0.05) is 0 Å². The van der Waals surface area contributed by atoms with Crippen LogP contribution in [0.1, 0.15) is 16.8 Å². The van der Waals surface area contributed by atoms with E-state index < -0.39 is 5.97 Å². The maximum atomic E-state index is 10.7. The Kier molecular flexibility index (Phi) is 1.84. The molecule has 1 fully saturated rings. The molecule has 0 aromatic carbocycles. The van der Waals surface area contributed by atoms with Crippen LogP contribution in [0.3, 0.4) is 0 Å². The molecule has 5 heteroatoms. The number of anilines is 1. The Bertz CT molecular complexity index is 336. The first-order valence-corrected chi connectivity index (χ1v) is 4.00. The standard InChI is InChI=1S/C8H8N3O2/c12-8(13)6-4-9-5-10-7(6)11-2-1-3-11/h4H,1-3H2,(H,12,13). The summed E-state index contributed by atoms with van der Waals surface area (Å²) in [6.07, 6.45) is 4.77. The van der Waals surface area contributed by atoms with Crippen LogP contribution in [0.25, 0.3) is 0 Å². The molecule has 1 aliphatic heterocycles. The molecular formula is C8H8N3O2. The molecule has 5 nitrogen and oxygen atoms in total. The predicted octanol–water partition coefficient (Wildman–Crippen LogP) is 0.185. The zero-order valence-electron chi connectivity index (χ0n) is 6.90. The highest BCUT2D eigenvalue weighted by Gasteiger charge is 2.22. The van der Waals surface area contributed by atoms with Crippen molar-refractivity contribution in [2.24, 2.45) is 0 Å². The van der Waals surface area contributed by atoms with E-state index in [0.29, 0.717) is 5.82 Å². The third-order valence-electron chi connectivity index (χ3n) is 2.03. The Balaban J connectivity index is 2.36. The average molecular weight is 178 g/mol. The number of carboxylic acids is 1. The van der Waals surface area contributed by atoms with Gasteiger partial charge < -0.3 is 10.0 Å². The van der Waals surface area contributed by atoms with Gasteiger partial charge in [0.2, 0.25) is 0 Å². The molecule has 67 valence electrons. The molecule has 1 aliphatic rings. The summed E-state index contributed by atoms with van der Waals surface area (Å²) in [5.74, 6) is -0.510. The Hall–Kier alpha value is -1.65. The van der Waals surface area contributed by atoms with E-state index in [1.165, 1.54) is 6.20 Å². The highest BCUT2D eigenvalue weighted by Crippen LogP contribution is 2.20. The van der Waals surface area contributed by atoms with Crippen molar-refractivity contribution < 1.29 is 9.90 Å². The van der Waals surface area contributed by atoms with Gasteiger partial charge in [-0.15, -0.1) is 0 Å². The third kappa shape index (κ3) is 1.32. The first-order valence-electron chi connectivity index (χ1n) is 4.00. The summed E-state index contributed by atoms with van der Waals surface area (Å²) in [7, 11) is 0. The van der Waals surface area contributed by atoms with Gasteiger partial charge in [0.1, 0.15) is 11.4 Å². The number of hydrogen-bond acceptors (Lipinski definition) is 4. The normalized spacial score (nSPS) is 15.2. The van der Waals surface area contributed by atoms with Gasteiger partial charge in [-0.3, -0.25) is 0 Å². The molecule has 0 spiro atoms. The van der Waals surface area contributed by atoms with Gasteiger partial charge in [0.15, 0.2) is 6.33 Å². The molecule has 1 aromatic heterocycles. The molecule has 13 heavy (non-hydrogen) atoms. The summed E-state index contributed by atoms with van der Waals surface area (Å²) in [5.41, 5.74) is 0.151. The monoisotopic (exact) mass is 178 g/mol. The largest absolute Gasteiger partial charge is 0.477 e. The van der Waals surface area contributed by atoms with E-state index >= 15 is 0 Å². The fourth-order valence-corrected chi connectivity index (χ4v) is 1.21. The lowest BCUT2D eigenvalue weighted by molar-refractivity contribution is 0.0696. The number of rotatable bonds is 2. The van der Waals surface area contributed by atoms with Crippen molar-refractivity contribution >= 4 is 11.8 Å². The molecule has 1 saturated heterocycles. The zero-order valence-corrected chi connectivity index (χ0v) is 6.90. The van der Waals surface area contributed by atoms with E-state index in [0.717, 1.165) is 19.5 Å². The number of aromatic nitrogens is 2. The molecular weight excluding hydrogens is 170 g/mol. The summed E-state index contributed by atoms with van der Waals surface area (Å²) >= 11 is 0. The Morgan fingerprint density at radius 3 is 2.92 bits per heavy atom. The minimum absolute atomic E-state index is 0.151. The summed E-state index contributed by atoms with van der Waals surface area (Å²) in [6.45, 7) is 1.73. The maximum Gasteiger partial charge on any atom is 0.341 e. The van der Waals surface area contributed by atoms with Crippen molar-refractivity contribution in [1.29, 1.82) is 0 Å². The van der Waals surface area contributed by atoms with E-state index in [-0.39, 0.29) is 5.56 Å². The summed E-state index contributed by atoms with van der Waals surface area (Å²) in [4.78, 5) is 20.0. The van der Waals surface area contributed by atoms with Crippen LogP contribution in [0.2, 0.25) is 0 Å². The second-order valence-corrected chi connectivity index (χ2v) is 2.85. The number of carboxylic acid groups (broad SMARTS) is 1. The molecule has 0 bridgehead atoms. The Morgan fingerprint density at radius 1 is 1.62 bits per heavy atom.